The van der Waals surface area contributed by atoms with Gasteiger partial charge in [0, 0.05) is 57.4 Å². The van der Waals surface area contributed by atoms with Crippen molar-refractivity contribution in [2.45, 2.75) is 12.8 Å². The van der Waals surface area contributed by atoms with E-state index in [0.29, 0.717) is 18.0 Å². The van der Waals surface area contributed by atoms with Crippen LogP contribution in [0.25, 0.3) is 0 Å². The van der Waals surface area contributed by atoms with Crippen molar-refractivity contribution in [3.8, 4) is 0 Å². The Balaban J connectivity index is 1.48. The molecule has 1 saturated heterocycles. The number of carbonyl (C=O) groups is 1. The second-order valence-electron chi connectivity index (χ2n) is 6.63. The number of anilines is 2. The highest BCUT2D eigenvalue weighted by Crippen LogP contribution is 2.20. The Morgan fingerprint density at radius 3 is 2.60 bits per heavy atom. The van der Waals surface area contributed by atoms with Crippen molar-refractivity contribution < 1.29 is 4.79 Å². The fourth-order valence-electron chi connectivity index (χ4n) is 3.06. The van der Waals surface area contributed by atoms with Gasteiger partial charge in [0.05, 0.1) is 0 Å². The van der Waals surface area contributed by atoms with Crippen molar-refractivity contribution in [3.63, 3.8) is 0 Å². The summed E-state index contributed by atoms with van der Waals surface area (Å²) < 4.78 is 0. The van der Waals surface area contributed by atoms with Gasteiger partial charge >= 0.3 is 0 Å². The minimum atomic E-state index is -0.00229. The number of hydrogen-bond acceptors (Lipinski definition) is 5. The summed E-state index contributed by atoms with van der Waals surface area (Å²) in [7, 11) is 3.95. The van der Waals surface area contributed by atoms with Crippen molar-refractivity contribution in [2.24, 2.45) is 5.92 Å². The summed E-state index contributed by atoms with van der Waals surface area (Å²) in [6.45, 7) is 2.58. The molecule has 0 spiro atoms. The zero-order valence-corrected chi connectivity index (χ0v) is 14.9. The second-order valence-corrected chi connectivity index (χ2v) is 6.63. The molecular formula is C19H25N5O. The van der Waals surface area contributed by atoms with Crippen molar-refractivity contribution in [2.75, 3.05) is 43.5 Å². The molecule has 6 nitrogen and oxygen atoms in total. The first-order valence-corrected chi connectivity index (χ1v) is 8.71. The van der Waals surface area contributed by atoms with Gasteiger partial charge in [-0.3, -0.25) is 4.79 Å². The number of amides is 1. The number of piperidine rings is 1. The van der Waals surface area contributed by atoms with Crippen LogP contribution in [0.15, 0.2) is 42.7 Å². The summed E-state index contributed by atoms with van der Waals surface area (Å²) in [5.41, 5.74) is 1.74. The van der Waals surface area contributed by atoms with E-state index in [0.717, 1.165) is 37.6 Å². The summed E-state index contributed by atoms with van der Waals surface area (Å²) in [5, 5.41) is 3.08. The topological polar surface area (TPSA) is 61.4 Å². The molecule has 0 bridgehead atoms. The quantitative estimate of drug-likeness (QED) is 0.905. The van der Waals surface area contributed by atoms with Crippen LogP contribution < -0.4 is 15.1 Å². The van der Waals surface area contributed by atoms with E-state index in [1.54, 1.807) is 12.4 Å². The van der Waals surface area contributed by atoms with Crippen molar-refractivity contribution in [3.05, 3.63) is 48.3 Å². The van der Waals surface area contributed by atoms with Crippen LogP contribution >= 0.6 is 0 Å². The molecule has 1 fully saturated rings. The van der Waals surface area contributed by atoms with Gasteiger partial charge in [-0.15, -0.1) is 0 Å². The number of hydrogen-bond donors (Lipinski definition) is 1. The second kappa shape index (κ2) is 7.96. The van der Waals surface area contributed by atoms with Gasteiger partial charge in [0.1, 0.15) is 0 Å². The van der Waals surface area contributed by atoms with Gasteiger partial charge in [-0.2, -0.15) is 0 Å². The molecule has 1 aliphatic heterocycles. The molecule has 1 N–H and O–H groups in total. The Hall–Kier alpha value is -2.63. The third-order valence-electron chi connectivity index (χ3n) is 4.63. The summed E-state index contributed by atoms with van der Waals surface area (Å²) in [4.78, 5) is 25.2. The van der Waals surface area contributed by atoms with Crippen LogP contribution in [0.2, 0.25) is 0 Å². The van der Waals surface area contributed by atoms with E-state index in [2.05, 4.69) is 20.2 Å². The maximum atomic E-state index is 12.4. The number of benzene rings is 1. The lowest BCUT2D eigenvalue weighted by Gasteiger charge is -2.31. The van der Waals surface area contributed by atoms with Crippen LogP contribution in [0, 0.1) is 5.92 Å². The average Bonchev–Trinajstić information content (AvgIpc) is 2.67. The Morgan fingerprint density at radius 1 is 1.20 bits per heavy atom. The van der Waals surface area contributed by atoms with Crippen LogP contribution in [0.4, 0.5) is 11.6 Å². The Kier molecular flexibility index (Phi) is 5.48. The normalized spacial score (nSPS) is 15.0. The largest absolute Gasteiger partial charge is 0.378 e. The molecule has 25 heavy (non-hydrogen) atoms. The van der Waals surface area contributed by atoms with Crippen molar-refractivity contribution in [1.82, 2.24) is 15.3 Å². The lowest BCUT2D eigenvalue weighted by molar-refractivity contribution is 0.0945. The predicted molar refractivity (Wildman–Crippen MR) is 100 cm³/mol. The van der Waals surface area contributed by atoms with Gasteiger partial charge in [0.2, 0.25) is 5.95 Å². The minimum Gasteiger partial charge on any atom is -0.378 e. The van der Waals surface area contributed by atoms with Crippen LogP contribution in [0.1, 0.15) is 23.2 Å². The lowest BCUT2D eigenvalue weighted by atomic mass is 9.97. The van der Waals surface area contributed by atoms with Crippen LogP contribution in [0.3, 0.4) is 0 Å². The molecule has 0 unspecified atom stereocenters. The lowest BCUT2D eigenvalue weighted by Crippen LogP contribution is -2.39. The molecule has 132 valence electrons. The molecule has 1 aromatic heterocycles. The number of nitrogens with one attached hydrogen (secondary N) is 1. The van der Waals surface area contributed by atoms with Gasteiger partial charge in [0.15, 0.2) is 0 Å². The number of aromatic nitrogens is 2. The molecular weight excluding hydrogens is 314 g/mol. The third-order valence-corrected chi connectivity index (χ3v) is 4.63. The monoisotopic (exact) mass is 339 g/mol. The first-order chi connectivity index (χ1) is 12.1. The summed E-state index contributed by atoms with van der Waals surface area (Å²) in [5.74, 6) is 1.30. The molecule has 2 aromatic rings. The molecule has 6 heteroatoms. The van der Waals surface area contributed by atoms with E-state index >= 15 is 0 Å². The average molecular weight is 339 g/mol. The van der Waals surface area contributed by atoms with Gasteiger partial charge in [-0.1, -0.05) is 6.07 Å². The summed E-state index contributed by atoms with van der Waals surface area (Å²) >= 11 is 0. The van der Waals surface area contributed by atoms with E-state index in [1.165, 1.54) is 0 Å². The van der Waals surface area contributed by atoms with E-state index in [9.17, 15) is 4.79 Å². The number of rotatable bonds is 5. The molecule has 1 aromatic carbocycles. The molecule has 2 heterocycles. The van der Waals surface area contributed by atoms with Crippen molar-refractivity contribution in [1.29, 1.82) is 0 Å². The van der Waals surface area contributed by atoms with E-state index in [1.807, 2.05) is 49.3 Å². The molecule has 0 saturated carbocycles. The highest BCUT2D eigenvalue weighted by molar-refractivity contribution is 5.95. The minimum absolute atomic E-state index is 0.00229. The SMILES string of the molecule is CN(C)c1cccc(C(=O)NCC2CCN(c3ncccn3)CC2)c1. The standard InChI is InChI=1S/C19H25N5O/c1-23(2)17-6-3-5-16(13-17)18(25)22-14-15-7-11-24(12-8-15)19-20-9-4-10-21-19/h3-6,9-10,13,15H,7-8,11-12,14H2,1-2H3,(H,22,25). The highest BCUT2D eigenvalue weighted by atomic mass is 16.1. The van der Waals surface area contributed by atoms with Gasteiger partial charge in [-0.25, -0.2) is 9.97 Å². The molecule has 0 radical (unpaired) electrons. The Bertz CT molecular complexity index is 696. The zero-order chi connectivity index (χ0) is 17.6. The van der Waals surface area contributed by atoms with Crippen LogP contribution in [-0.2, 0) is 0 Å². The van der Waals surface area contributed by atoms with E-state index in [4.69, 9.17) is 0 Å². The molecule has 0 aliphatic carbocycles. The Morgan fingerprint density at radius 2 is 1.92 bits per heavy atom. The summed E-state index contributed by atoms with van der Waals surface area (Å²) in [6, 6.07) is 9.53. The maximum Gasteiger partial charge on any atom is 0.251 e. The van der Waals surface area contributed by atoms with Gasteiger partial charge < -0.3 is 15.1 Å². The number of carbonyl (C=O) groups excluding carboxylic acids is 1. The molecule has 3 rings (SSSR count). The first-order valence-electron chi connectivity index (χ1n) is 8.71. The van der Waals surface area contributed by atoms with E-state index < -0.39 is 0 Å². The third kappa shape index (κ3) is 4.47. The van der Waals surface area contributed by atoms with Crippen LogP contribution in [0.5, 0.6) is 0 Å². The summed E-state index contributed by atoms with van der Waals surface area (Å²) in [6.07, 6.45) is 5.62. The maximum absolute atomic E-state index is 12.4. The number of nitrogens with zero attached hydrogens (tertiary/aromatic N) is 4. The van der Waals surface area contributed by atoms with Crippen LogP contribution in [-0.4, -0.2) is 49.6 Å². The fourth-order valence-corrected chi connectivity index (χ4v) is 3.06. The van der Waals surface area contributed by atoms with E-state index in [-0.39, 0.29) is 5.91 Å². The Labute approximate surface area is 148 Å². The molecule has 1 aliphatic rings. The fraction of sp³-hybridized carbons (Fsp3) is 0.421. The van der Waals surface area contributed by atoms with Gasteiger partial charge in [0.25, 0.3) is 5.91 Å². The highest BCUT2D eigenvalue weighted by Gasteiger charge is 2.21. The van der Waals surface area contributed by atoms with Gasteiger partial charge in [-0.05, 0) is 43.0 Å². The predicted octanol–water partition coefficient (Wildman–Crippen LogP) is 2.19. The molecule has 0 atom stereocenters. The molecule has 1 amide bonds. The zero-order valence-electron chi connectivity index (χ0n) is 14.9. The van der Waals surface area contributed by atoms with Crippen molar-refractivity contribution >= 4 is 17.5 Å². The smallest absolute Gasteiger partial charge is 0.251 e. The first kappa shape index (κ1) is 17.2.